The Bertz CT molecular complexity index is 474. The first-order chi connectivity index (χ1) is 9.42. The summed E-state index contributed by atoms with van der Waals surface area (Å²) in [5, 5.41) is 0. The first-order valence-electron chi connectivity index (χ1n) is 6.66. The first-order valence-corrected chi connectivity index (χ1v) is 6.66. The van der Waals surface area contributed by atoms with Crippen LogP contribution >= 0.6 is 0 Å². The van der Waals surface area contributed by atoms with E-state index in [9.17, 15) is 13.2 Å². The highest BCUT2D eigenvalue weighted by Gasteiger charge is 2.30. The number of morpholine rings is 1. The van der Waals surface area contributed by atoms with Crippen molar-refractivity contribution in [1.29, 1.82) is 0 Å². The minimum absolute atomic E-state index is 0.0128. The van der Waals surface area contributed by atoms with Crippen molar-refractivity contribution in [3.63, 3.8) is 0 Å². The molecule has 1 saturated heterocycles. The SMILES string of the molecule is CC1CN(C(CN)c2cc(F)c(F)cc2F)CC(C)O1. The van der Waals surface area contributed by atoms with Crippen molar-refractivity contribution in [2.24, 2.45) is 5.73 Å². The fraction of sp³-hybridized carbons (Fsp3) is 0.571. The van der Waals surface area contributed by atoms with Crippen LogP contribution in [-0.2, 0) is 4.74 Å². The van der Waals surface area contributed by atoms with Crippen molar-refractivity contribution in [1.82, 2.24) is 4.90 Å². The normalized spacial score (nSPS) is 25.7. The van der Waals surface area contributed by atoms with Crippen LogP contribution in [0, 0.1) is 17.5 Å². The largest absolute Gasteiger partial charge is 0.373 e. The second kappa shape index (κ2) is 6.11. The summed E-state index contributed by atoms with van der Waals surface area (Å²) >= 11 is 0. The van der Waals surface area contributed by atoms with E-state index in [1.54, 1.807) is 0 Å². The lowest BCUT2D eigenvalue weighted by molar-refractivity contribution is -0.0802. The molecule has 3 unspecified atom stereocenters. The van der Waals surface area contributed by atoms with Gasteiger partial charge in [0.15, 0.2) is 11.6 Å². The molecule has 1 aromatic rings. The van der Waals surface area contributed by atoms with Crippen LogP contribution in [0.25, 0.3) is 0 Å². The Balaban J connectivity index is 2.30. The molecule has 1 aromatic carbocycles. The molecule has 1 aliphatic rings. The van der Waals surface area contributed by atoms with E-state index in [-0.39, 0.29) is 24.3 Å². The topological polar surface area (TPSA) is 38.5 Å². The zero-order valence-electron chi connectivity index (χ0n) is 11.6. The van der Waals surface area contributed by atoms with E-state index >= 15 is 0 Å². The average molecular weight is 288 g/mol. The van der Waals surface area contributed by atoms with Gasteiger partial charge in [-0.2, -0.15) is 0 Å². The molecule has 1 aliphatic heterocycles. The molecule has 0 aromatic heterocycles. The van der Waals surface area contributed by atoms with Gasteiger partial charge in [-0.05, 0) is 19.9 Å². The third kappa shape index (κ3) is 3.13. The lowest BCUT2D eigenvalue weighted by atomic mass is 10.0. The van der Waals surface area contributed by atoms with E-state index in [1.165, 1.54) is 0 Å². The third-order valence-corrected chi connectivity index (χ3v) is 3.51. The zero-order chi connectivity index (χ0) is 14.9. The molecule has 0 bridgehead atoms. The van der Waals surface area contributed by atoms with Crippen LogP contribution < -0.4 is 5.73 Å². The van der Waals surface area contributed by atoms with Crippen molar-refractivity contribution >= 4 is 0 Å². The van der Waals surface area contributed by atoms with Gasteiger partial charge in [-0.25, -0.2) is 13.2 Å². The van der Waals surface area contributed by atoms with Crippen molar-refractivity contribution in [2.75, 3.05) is 19.6 Å². The highest BCUT2D eigenvalue weighted by atomic mass is 19.2. The van der Waals surface area contributed by atoms with E-state index in [1.807, 2.05) is 18.7 Å². The van der Waals surface area contributed by atoms with Gasteiger partial charge in [0, 0.05) is 31.3 Å². The van der Waals surface area contributed by atoms with Crippen LogP contribution in [0.1, 0.15) is 25.5 Å². The minimum Gasteiger partial charge on any atom is -0.373 e. The molecule has 3 atom stereocenters. The summed E-state index contributed by atoms with van der Waals surface area (Å²) in [6.45, 7) is 5.10. The minimum atomic E-state index is -1.19. The van der Waals surface area contributed by atoms with Gasteiger partial charge in [-0.15, -0.1) is 0 Å². The Morgan fingerprint density at radius 1 is 1.15 bits per heavy atom. The molecule has 0 saturated carbocycles. The molecule has 0 amide bonds. The first kappa shape index (κ1) is 15.3. The van der Waals surface area contributed by atoms with E-state index < -0.39 is 23.5 Å². The molecule has 20 heavy (non-hydrogen) atoms. The number of hydrogen-bond acceptors (Lipinski definition) is 3. The summed E-state index contributed by atoms with van der Waals surface area (Å²) < 4.78 is 45.9. The lowest BCUT2D eigenvalue weighted by Crippen LogP contribution is -2.48. The summed E-state index contributed by atoms with van der Waals surface area (Å²) in [6, 6.07) is 0.979. The van der Waals surface area contributed by atoms with Gasteiger partial charge in [0.2, 0.25) is 0 Å². The Morgan fingerprint density at radius 3 is 2.25 bits per heavy atom. The van der Waals surface area contributed by atoms with Crippen LogP contribution in [0.15, 0.2) is 12.1 Å². The zero-order valence-corrected chi connectivity index (χ0v) is 11.6. The van der Waals surface area contributed by atoms with Gasteiger partial charge in [0.05, 0.1) is 18.2 Å². The molecule has 1 heterocycles. The van der Waals surface area contributed by atoms with E-state index in [0.717, 1.165) is 6.07 Å². The highest BCUT2D eigenvalue weighted by Crippen LogP contribution is 2.27. The third-order valence-electron chi connectivity index (χ3n) is 3.51. The molecule has 6 heteroatoms. The van der Waals surface area contributed by atoms with E-state index in [0.29, 0.717) is 19.2 Å². The summed E-state index contributed by atoms with van der Waals surface area (Å²) in [5.41, 5.74) is 5.81. The second-order valence-electron chi connectivity index (χ2n) is 5.25. The Morgan fingerprint density at radius 2 is 1.70 bits per heavy atom. The maximum Gasteiger partial charge on any atom is 0.161 e. The monoisotopic (exact) mass is 288 g/mol. The number of nitrogens with zero attached hydrogens (tertiary/aromatic N) is 1. The molecule has 1 fully saturated rings. The number of halogens is 3. The van der Waals surface area contributed by atoms with Crippen molar-refractivity contribution in [2.45, 2.75) is 32.1 Å². The number of ether oxygens (including phenoxy) is 1. The summed E-state index contributed by atoms with van der Waals surface area (Å²) in [7, 11) is 0. The molecule has 2 N–H and O–H groups in total. The lowest BCUT2D eigenvalue weighted by Gasteiger charge is -2.40. The van der Waals surface area contributed by atoms with E-state index in [4.69, 9.17) is 10.5 Å². The van der Waals surface area contributed by atoms with Crippen LogP contribution in [0.4, 0.5) is 13.2 Å². The molecule has 0 aliphatic carbocycles. The summed E-state index contributed by atoms with van der Waals surface area (Å²) in [6.07, 6.45) is -0.0256. The van der Waals surface area contributed by atoms with Crippen molar-refractivity contribution in [3.05, 3.63) is 35.1 Å². The van der Waals surface area contributed by atoms with Crippen LogP contribution in [-0.4, -0.2) is 36.7 Å². The molecule has 2 rings (SSSR count). The van der Waals surface area contributed by atoms with Gasteiger partial charge in [-0.1, -0.05) is 0 Å². The molecule has 0 radical (unpaired) electrons. The maximum absolute atomic E-state index is 13.9. The standard InChI is InChI=1S/C14H19F3N2O/c1-8-6-19(7-9(2)20-8)14(5-18)10-3-12(16)13(17)4-11(10)15/h3-4,8-9,14H,5-7,18H2,1-2H3. The van der Waals surface area contributed by atoms with Gasteiger partial charge < -0.3 is 10.5 Å². The fourth-order valence-electron chi connectivity index (χ4n) is 2.74. The quantitative estimate of drug-likeness (QED) is 0.867. The Labute approximate surface area is 116 Å². The summed E-state index contributed by atoms with van der Waals surface area (Å²) in [5.74, 6) is -3.02. The Kier molecular flexibility index (Phi) is 4.67. The van der Waals surface area contributed by atoms with E-state index in [2.05, 4.69) is 0 Å². The van der Waals surface area contributed by atoms with Gasteiger partial charge in [0.25, 0.3) is 0 Å². The average Bonchev–Trinajstić information content (AvgIpc) is 2.35. The Hall–Kier alpha value is -1.11. The molecule has 0 spiro atoms. The van der Waals surface area contributed by atoms with Crippen LogP contribution in [0.3, 0.4) is 0 Å². The molecule has 3 nitrogen and oxygen atoms in total. The number of benzene rings is 1. The van der Waals surface area contributed by atoms with Gasteiger partial charge in [-0.3, -0.25) is 4.90 Å². The van der Waals surface area contributed by atoms with Gasteiger partial charge >= 0.3 is 0 Å². The van der Waals surface area contributed by atoms with Crippen molar-refractivity contribution in [3.8, 4) is 0 Å². The fourth-order valence-corrected chi connectivity index (χ4v) is 2.74. The number of hydrogen-bond donors (Lipinski definition) is 1. The predicted molar refractivity (Wildman–Crippen MR) is 69.7 cm³/mol. The molecule has 112 valence electrons. The van der Waals surface area contributed by atoms with Crippen molar-refractivity contribution < 1.29 is 17.9 Å². The maximum atomic E-state index is 13.9. The smallest absolute Gasteiger partial charge is 0.161 e. The number of nitrogens with two attached hydrogens (primary N) is 1. The number of rotatable bonds is 3. The second-order valence-corrected chi connectivity index (χ2v) is 5.25. The van der Waals surface area contributed by atoms with Crippen LogP contribution in [0.2, 0.25) is 0 Å². The van der Waals surface area contributed by atoms with Crippen LogP contribution in [0.5, 0.6) is 0 Å². The summed E-state index contributed by atoms with van der Waals surface area (Å²) in [4.78, 5) is 1.95. The van der Waals surface area contributed by atoms with Gasteiger partial charge in [0.1, 0.15) is 5.82 Å². The predicted octanol–water partition coefficient (Wildman–Crippen LogP) is 2.21. The molecular formula is C14H19F3N2O. The highest BCUT2D eigenvalue weighted by molar-refractivity contribution is 5.24. The molecular weight excluding hydrogens is 269 g/mol.